The molecule has 0 bridgehead atoms. The van der Waals surface area contributed by atoms with Gasteiger partial charge in [-0.3, -0.25) is 9.59 Å². The molecule has 0 saturated carbocycles. The highest BCUT2D eigenvalue weighted by atomic mass is 16.5. The number of carboxylic acid groups (broad SMARTS) is 1. The zero-order valence-corrected chi connectivity index (χ0v) is 14.4. The number of carbonyl (C=O) groups is 3. The first kappa shape index (κ1) is 18.9. The lowest BCUT2D eigenvalue weighted by atomic mass is 9.80. The minimum atomic E-state index is -1.04. The second-order valence-corrected chi connectivity index (χ2v) is 6.46. The fraction of sp³-hybridized carbons (Fsp3) is 0.500. The lowest BCUT2D eigenvalue weighted by Crippen LogP contribution is -2.52. The Morgan fingerprint density at radius 3 is 2.68 bits per heavy atom. The summed E-state index contributed by atoms with van der Waals surface area (Å²) in [6.07, 6.45) is 1.46. The number of nitrogens with one attached hydrogen (secondary N) is 1. The molecule has 2 amide bonds. The number of likely N-dealkylation sites (tertiary alicyclic amines) is 1. The van der Waals surface area contributed by atoms with Gasteiger partial charge in [-0.05, 0) is 31.9 Å². The van der Waals surface area contributed by atoms with Crippen molar-refractivity contribution in [2.45, 2.75) is 19.8 Å². The smallest absolute Gasteiger partial charge is 0.329 e. The van der Waals surface area contributed by atoms with Crippen LogP contribution in [0.25, 0.3) is 0 Å². The second-order valence-electron chi connectivity index (χ2n) is 6.46. The van der Waals surface area contributed by atoms with Gasteiger partial charge in [0.25, 0.3) is 5.91 Å². The van der Waals surface area contributed by atoms with Crippen molar-refractivity contribution in [2.24, 2.45) is 5.41 Å². The zero-order chi connectivity index (χ0) is 18.3. The molecule has 0 radical (unpaired) electrons. The largest absolute Gasteiger partial charge is 0.480 e. The Bertz CT molecular complexity index is 619. The number of amides is 2. The third kappa shape index (κ3) is 5.29. The van der Waals surface area contributed by atoms with Crippen LogP contribution in [0.15, 0.2) is 30.3 Å². The Labute approximate surface area is 147 Å². The Hall–Kier alpha value is -2.41. The van der Waals surface area contributed by atoms with Crippen LogP contribution in [0.2, 0.25) is 0 Å². The molecular formula is C18H24N2O5. The number of hydrogen-bond acceptors (Lipinski definition) is 4. The van der Waals surface area contributed by atoms with Crippen molar-refractivity contribution >= 4 is 17.8 Å². The Balaban J connectivity index is 1.88. The van der Waals surface area contributed by atoms with Crippen LogP contribution in [0.1, 0.15) is 30.1 Å². The van der Waals surface area contributed by atoms with Crippen LogP contribution in [0.3, 0.4) is 0 Å². The molecule has 2 rings (SSSR count). The summed E-state index contributed by atoms with van der Waals surface area (Å²) >= 11 is 0. The van der Waals surface area contributed by atoms with Crippen LogP contribution in [0, 0.1) is 5.41 Å². The van der Waals surface area contributed by atoms with Gasteiger partial charge in [0, 0.05) is 25.2 Å². The summed E-state index contributed by atoms with van der Waals surface area (Å²) in [6, 6.07) is 9.04. The molecule has 136 valence electrons. The molecule has 1 aromatic carbocycles. The maximum absolute atomic E-state index is 12.6. The molecule has 1 aromatic rings. The minimum absolute atomic E-state index is 0.0656. The molecule has 7 heteroatoms. The quantitative estimate of drug-likeness (QED) is 0.721. The van der Waals surface area contributed by atoms with Gasteiger partial charge in [0.2, 0.25) is 5.91 Å². The van der Waals surface area contributed by atoms with Gasteiger partial charge in [-0.2, -0.15) is 0 Å². The highest BCUT2D eigenvalue weighted by Gasteiger charge is 2.39. The van der Waals surface area contributed by atoms with E-state index in [9.17, 15) is 14.4 Å². The van der Waals surface area contributed by atoms with Crippen molar-refractivity contribution in [1.82, 2.24) is 10.2 Å². The first-order valence-electron chi connectivity index (χ1n) is 8.34. The van der Waals surface area contributed by atoms with E-state index >= 15 is 0 Å². The molecule has 1 saturated heterocycles. The van der Waals surface area contributed by atoms with Gasteiger partial charge in [-0.15, -0.1) is 0 Å². The first-order valence-corrected chi connectivity index (χ1v) is 8.34. The van der Waals surface area contributed by atoms with Crippen molar-refractivity contribution in [3.05, 3.63) is 35.9 Å². The molecule has 1 aliphatic rings. The van der Waals surface area contributed by atoms with E-state index in [1.54, 1.807) is 17.0 Å². The lowest BCUT2D eigenvalue weighted by Gasteiger charge is -2.39. The van der Waals surface area contributed by atoms with E-state index in [0.717, 1.165) is 6.42 Å². The number of piperidine rings is 1. The number of nitrogens with zero attached hydrogens (tertiary/aromatic N) is 1. The summed E-state index contributed by atoms with van der Waals surface area (Å²) in [4.78, 5) is 37.2. The molecule has 1 unspecified atom stereocenters. The highest BCUT2D eigenvalue weighted by Crippen LogP contribution is 2.30. The van der Waals surface area contributed by atoms with Crippen LogP contribution in [0.5, 0.6) is 0 Å². The predicted octanol–water partition coefficient (Wildman–Crippen LogP) is 1.15. The summed E-state index contributed by atoms with van der Waals surface area (Å²) in [5.74, 6) is -1.25. The fourth-order valence-corrected chi connectivity index (χ4v) is 2.97. The first-order chi connectivity index (χ1) is 11.9. The van der Waals surface area contributed by atoms with Gasteiger partial charge >= 0.3 is 5.97 Å². The minimum Gasteiger partial charge on any atom is -0.480 e. The number of ether oxygens (including phenoxy) is 1. The average molecular weight is 348 g/mol. The lowest BCUT2D eigenvalue weighted by molar-refractivity contribution is -0.142. The molecule has 1 atom stereocenters. The van der Waals surface area contributed by atoms with Gasteiger partial charge in [-0.1, -0.05) is 18.2 Å². The molecule has 1 aliphatic heterocycles. The normalized spacial score (nSPS) is 20.1. The molecule has 0 spiro atoms. The number of carboxylic acids is 1. The van der Waals surface area contributed by atoms with Crippen molar-refractivity contribution < 1.29 is 24.2 Å². The number of hydrogen-bond donors (Lipinski definition) is 2. The number of rotatable bonds is 7. The molecule has 1 heterocycles. The van der Waals surface area contributed by atoms with Crippen LogP contribution in [0.4, 0.5) is 0 Å². The third-order valence-corrected chi connectivity index (χ3v) is 4.31. The van der Waals surface area contributed by atoms with Gasteiger partial charge in [-0.25, -0.2) is 4.79 Å². The zero-order valence-electron chi connectivity index (χ0n) is 14.4. The van der Waals surface area contributed by atoms with Crippen LogP contribution < -0.4 is 5.32 Å². The van der Waals surface area contributed by atoms with Crippen molar-refractivity contribution in [1.29, 1.82) is 0 Å². The monoisotopic (exact) mass is 348 g/mol. The topological polar surface area (TPSA) is 95.9 Å². The van der Waals surface area contributed by atoms with E-state index in [4.69, 9.17) is 9.84 Å². The molecule has 0 aliphatic carbocycles. The fourth-order valence-electron chi connectivity index (χ4n) is 2.97. The van der Waals surface area contributed by atoms with E-state index in [-0.39, 0.29) is 31.6 Å². The summed E-state index contributed by atoms with van der Waals surface area (Å²) < 4.78 is 4.90. The van der Waals surface area contributed by atoms with Crippen LogP contribution in [-0.2, 0) is 14.3 Å². The standard InChI is InChI=1S/C18H24N2O5/c1-18(17(24)19-9-11-25-12-15(21)22)8-5-10-20(13-18)16(23)14-6-3-2-4-7-14/h2-4,6-7H,5,8-13H2,1H3,(H,19,24)(H,21,22). The average Bonchev–Trinajstić information content (AvgIpc) is 2.61. The predicted molar refractivity (Wildman–Crippen MR) is 91.2 cm³/mol. The van der Waals surface area contributed by atoms with Crippen molar-refractivity contribution in [2.75, 3.05) is 32.8 Å². The molecule has 2 N–H and O–H groups in total. The maximum Gasteiger partial charge on any atom is 0.329 e. The van der Waals surface area contributed by atoms with Gasteiger partial charge in [0.1, 0.15) is 6.61 Å². The van der Waals surface area contributed by atoms with Gasteiger partial charge in [0.15, 0.2) is 0 Å². The second kappa shape index (κ2) is 8.62. The molecule has 7 nitrogen and oxygen atoms in total. The van der Waals surface area contributed by atoms with E-state index in [2.05, 4.69) is 5.32 Å². The van der Waals surface area contributed by atoms with E-state index < -0.39 is 11.4 Å². The molecule has 0 aromatic heterocycles. The number of aliphatic carboxylic acids is 1. The Morgan fingerprint density at radius 1 is 1.28 bits per heavy atom. The third-order valence-electron chi connectivity index (χ3n) is 4.31. The summed E-state index contributed by atoms with van der Waals surface area (Å²) in [7, 11) is 0. The van der Waals surface area contributed by atoms with E-state index in [1.165, 1.54) is 0 Å². The SMILES string of the molecule is CC1(C(=O)NCCOCC(=O)O)CCCN(C(=O)c2ccccc2)C1. The summed E-state index contributed by atoms with van der Waals surface area (Å²) in [5, 5.41) is 11.3. The maximum atomic E-state index is 12.6. The van der Waals surface area contributed by atoms with E-state index in [1.807, 2.05) is 25.1 Å². The Morgan fingerprint density at radius 2 is 2.00 bits per heavy atom. The number of benzene rings is 1. The molecule has 25 heavy (non-hydrogen) atoms. The van der Waals surface area contributed by atoms with Crippen LogP contribution in [-0.4, -0.2) is 60.6 Å². The molecular weight excluding hydrogens is 324 g/mol. The van der Waals surface area contributed by atoms with Crippen molar-refractivity contribution in [3.63, 3.8) is 0 Å². The van der Waals surface area contributed by atoms with E-state index in [0.29, 0.717) is 25.1 Å². The summed E-state index contributed by atoms with van der Waals surface area (Å²) in [5.41, 5.74) is -0.0376. The van der Waals surface area contributed by atoms with Crippen molar-refractivity contribution in [3.8, 4) is 0 Å². The van der Waals surface area contributed by atoms with Crippen LogP contribution >= 0.6 is 0 Å². The highest BCUT2D eigenvalue weighted by molar-refractivity contribution is 5.95. The van der Waals surface area contributed by atoms with Gasteiger partial charge in [0.05, 0.1) is 12.0 Å². The number of carbonyl (C=O) groups excluding carboxylic acids is 2. The van der Waals surface area contributed by atoms with Gasteiger partial charge < -0.3 is 20.1 Å². The summed E-state index contributed by atoms with van der Waals surface area (Å²) in [6.45, 7) is 2.85. The molecule has 1 fully saturated rings. The Kier molecular flexibility index (Phi) is 6.52.